The lowest BCUT2D eigenvalue weighted by atomic mass is 9.66. The Morgan fingerprint density at radius 1 is 0.261 bits per heavy atom. The molecule has 2 heteroatoms. The lowest BCUT2D eigenvalue weighted by Crippen LogP contribution is -2.29. The van der Waals surface area contributed by atoms with E-state index in [-0.39, 0.29) is 0 Å². The molecule has 11 aromatic rings. The summed E-state index contributed by atoms with van der Waals surface area (Å²) in [6.07, 6.45) is 0. The summed E-state index contributed by atoms with van der Waals surface area (Å²) in [5, 5.41) is 0. The van der Waals surface area contributed by atoms with Gasteiger partial charge in [0, 0.05) is 27.9 Å². The molecule has 3 aliphatic rings. The predicted molar refractivity (Wildman–Crippen MR) is 287 cm³/mol. The minimum Gasteiger partial charge on any atom is -0.307 e. The third kappa shape index (κ3) is 5.67. The molecule has 0 radical (unpaired) electrons. The van der Waals surface area contributed by atoms with Crippen LogP contribution in [0.1, 0.15) is 22.3 Å². The number of benzene rings is 11. The number of para-hydroxylation sites is 4. The molecule has 322 valence electrons. The summed E-state index contributed by atoms with van der Waals surface area (Å²) in [7, 11) is 0. The fourth-order valence-corrected chi connectivity index (χ4v) is 12.2. The molecule has 1 spiro atoms. The van der Waals surface area contributed by atoms with E-state index >= 15 is 0 Å². The van der Waals surface area contributed by atoms with Gasteiger partial charge in [0.25, 0.3) is 0 Å². The van der Waals surface area contributed by atoms with Crippen molar-refractivity contribution in [1.29, 1.82) is 0 Å². The summed E-state index contributed by atoms with van der Waals surface area (Å²) >= 11 is 0. The van der Waals surface area contributed by atoms with Crippen LogP contribution in [0, 0.1) is 0 Å². The van der Waals surface area contributed by atoms with E-state index in [0.717, 1.165) is 45.3 Å². The predicted octanol–water partition coefficient (Wildman–Crippen LogP) is 18.0. The topological polar surface area (TPSA) is 6.48 Å². The van der Waals surface area contributed by atoms with E-state index in [2.05, 4.69) is 277 Å². The van der Waals surface area contributed by atoms with Crippen LogP contribution in [0.2, 0.25) is 0 Å². The van der Waals surface area contributed by atoms with Crippen molar-refractivity contribution in [3.05, 3.63) is 289 Å². The van der Waals surface area contributed by atoms with Gasteiger partial charge >= 0.3 is 0 Å². The highest BCUT2D eigenvalue weighted by atomic mass is 15.2. The lowest BCUT2D eigenvalue weighted by molar-refractivity contribution is 0.775. The van der Waals surface area contributed by atoms with Gasteiger partial charge in [0.15, 0.2) is 0 Å². The Morgan fingerprint density at radius 2 is 0.667 bits per heavy atom. The summed E-state index contributed by atoms with van der Waals surface area (Å²) < 4.78 is 0. The van der Waals surface area contributed by atoms with Gasteiger partial charge in [-0.3, -0.25) is 0 Å². The van der Waals surface area contributed by atoms with Crippen molar-refractivity contribution in [3.63, 3.8) is 0 Å². The molecule has 1 aliphatic heterocycles. The Kier molecular flexibility index (Phi) is 8.84. The molecule has 0 amide bonds. The van der Waals surface area contributed by atoms with Crippen molar-refractivity contribution < 1.29 is 0 Å². The van der Waals surface area contributed by atoms with Crippen molar-refractivity contribution in [2.24, 2.45) is 0 Å². The maximum atomic E-state index is 2.59. The second-order valence-corrected chi connectivity index (χ2v) is 18.3. The highest BCUT2D eigenvalue weighted by Gasteiger charge is 2.51. The van der Waals surface area contributed by atoms with E-state index in [1.54, 1.807) is 0 Å². The van der Waals surface area contributed by atoms with Crippen LogP contribution >= 0.6 is 0 Å². The highest BCUT2D eigenvalue weighted by Crippen LogP contribution is 2.65. The molecule has 0 atom stereocenters. The maximum absolute atomic E-state index is 2.59. The Hall–Kier alpha value is -8.98. The van der Waals surface area contributed by atoms with Gasteiger partial charge < -0.3 is 9.80 Å². The number of fused-ring (bicyclic) bond motifs is 17. The summed E-state index contributed by atoms with van der Waals surface area (Å²) in [6, 6.07) is 99.1. The van der Waals surface area contributed by atoms with Crippen molar-refractivity contribution in [1.82, 2.24) is 0 Å². The smallest absolute Gasteiger partial charge is 0.0781 e. The van der Waals surface area contributed by atoms with Crippen molar-refractivity contribution >= 4 is 34.1 Å². The van der Waals surface area contributed by atoms with Crippen LogP contribution in [-0.2, 0) is 5.41 Å². The minimum atomic E-state index is -0.639. The van der Waals surface area contributed by atoms with Gasteiger partial charge in [-0.05, 0) is 103 Å². The maximum Gasteiger partial charge on any atom is 0.0781 e. The van der Waals surface area contributed by atoms with Crippen molar-refractivity contribution in [2.75, 3.05) is 9.80 Å². The SMILES string of the molecule is c1ccc(-c2ccccc2N(c2cccc3c2-c2ccccc2C32c3ccccc3-c3ccccc3-c3ccccc32)c2cccc3c2N(c2ccccc2)c2ccccc2-c2ccccc2-3)cc1. The van der Waals surface area contributed by atoms with Crippen LogP contribution in [0.3, 0.4) is 0 Å². The number of rotatable bonds is 5. The molecule has 2 aliphatic carbocycles. The quantitative estimate of drug-likeness (QED) is 0.170. The molecule has 69 heavy (non-hydrogen) atoms. The van der Waals surface area contributed by atoms with Gasteiger partial charge in [-0.2, -0.15) is 0 Å². The molecular formula is C67H44N2. The number of nitrogens with zero attached hydrogens (tertiary/aromatic N) is 2. The first kappa shape index (κ1) is 39.2. The van der Waals surface area contributed by atoms with E-state index < -0.39 is 5.41 Å². The average molecular weight is 877 g/mol. The fraction of sp³-hybridized carbons (Fsp3) is 0.0149. The molecule has 11 aromatic carbocycles. The largest absolute Gasteiger partial charge is 0.307 e. The third-order valence-corrected chi connectivity index (χ3v) is 14.8. The van der Waals surface area contributed by atoms with Crippen LogP contribution in [0.4, 0.5) is 34.1 Å². The molecule has 0 aromatic heterocycles. The molecule has 2 nitrogen and oxygen atoms in total. The van der Waals surface area contributed by atoms with Crippen LogP contribution in [-0.4, -0.2) is 0 Å². The molecule has 0 saturated carbocycles. The fourth-order valence-electron chi connectivity index (χ4n) is 12.2. The van der Waals surface area contributed by atoms with Crippen LogP contribution < -0.4 is 9.80 Å². The second-order valence-electron chi connectivity index (χ2n) is 18.3. The van der Waals surface area contributed by atoms with Gasteiger partial charge in [-0.1, -0.05) is 231 Å². The summed E-state index contributed by atoms with van der Waals surface area (Å²) in [5.74, 6) is 0. The zero-order valence-corrected chi connectivity index (χ0v) is 37.8. The Bertz CT molecular complexity index is 3750. The normalized spacial score (nSPS) is 13.0. The molecule has 0 saturated heterocycles. The molecular weight excluding hydrogens is 833 g/mol. The van der Waals surface area contributed by atoms with Crippen LogP contribution in [0.5, 0.6) is 0 Å². The molecule has 0 N–H and O–H groups in total. The van der Waals surface area contributed by atoms with E-state index in [1.807, 2.05) is 0 Å². The van der Waals surface area contributed by atoms with Gasteiger partial charge in [0.2, 0.25) is 0 Å². The Labute approximate surface area is 403 Å². The van der Waals surface area contributed by atoms with E-state index in [4.69, 9.17) is 0 Å². The number of hydrogen-bond donors (Lipinski definition) is 0. The number of anilines is 6. The minimum absolute atomic E-state index is 0.639. The molecule has 0 bridgehead atoms. The first-order valence-corrected chi connectivity index (χ1v) is 23.9. The van der Waals surface area contributed by atoms with Crippen molar-refractivity contribution in [3.8, 4) is 66.8 Å². The lowest BCUT2D eigenvalue weighted by Gasteiger charge is -2.37. The van der Waals surface area contributed by atoms with Gasteiger partial charge in [-0.15, -0.1) is 0 Å². The standard InChI is InChI=1S/C67H44N2/c1-3-23-45(24-4-1)47-27-14-19-41-61(47)69(64-44-21-36-55-51-31-10-9-30-50(51)54-34-15-20-42-62(54)68(66(55)64)46-25-5-2-6-26-46)63-43-22-40-60-65(63)56-35-13-18-39-59(56)67(60)57-37-16-11-32-52(57)48-28-7-8-29-49(48)53-33-12-17-38-58(53)67/h1-44H. The summed E-state index contributed by atoms with van der Waals surface area (Å²) in [5.41, 5.74) is 25.7. The first-order valence-electron chi connectivity index (χ1n) is 23.9. The van der Waals surface area contributed by atoms with E-state index in [0.29, 0.717) is 0 Å². The van der Waals surface area contributed by atoms with Crippen LogP contribution in [0.25, 0.3) is 66.8 Å². The monoisotopic (exact) mass is 876 g/mol. The van der Waals surface area contributed by atoms with E-state index in [1.165, 1.54) is 77.9 Å². The molecule has 1 heterocycles. The van der Waals surface area contributed by atoms with Gasteiger partial charge in [-0.25, -0.2) is 0 Å². The Morgan fingerprint density at radius 3 is 1.32 bits per heavy atom. The molecule has 0 fully saturated rings. The molecule has 0 unspecified atom stereocenters. The van der Waals surface area contributed by atoms with Crippen molar-refractivity contribution in [2.45, 2.75) is 5.41 Å². The van der Waals surface area contributed by atoms with Gasteiger partial charge in [0.1, 0.15) is 0 Å². The number of hydrogen-bond acceptors (Lipinski definition) is 2. The average Bonchev–Trinajstić information content (AvgIpc) is 3.59. The zero-order chi connectivity index (χ0) is 45.5. The van der Waals surface area contributed by atoms with Gasteiger partial charge in [0.05, 0.1) is 33.9 Å². The summed E-state index contributed by atoms with van der Waals surface area (Å²) in [6.45, 7) is 0. The summed E-state index contributed by atoms with van der Waals surface area (Å²) in [4.78, 5) is 5.09. The molecule has 14 rings (SSSR count). The highest BCUT2D eigenvalue weighted by molar-refractivity contribution is 6.10. The zero-order valence-electron chi connectivity index (χ0n) is 37.8. The third-order valence-electron chi connectivity index (χ3n) is 14.8. The second kappa shape index (κ2) is 15.6. The first-order chi connectivity index (χ1) is 34.3. The van der Waals surface area contributed by atoms with E-state index in [9.17, 15) is 0 Å². The Balaban J connectivity index is 1.14. The van der Waals surface area contributed by atoms with Crippen LogP contribution in [0.15, 0.2) is 267 Å².